The number of rotatable bonds is 8. The van der Waals surface area contributed by atoms with E-state index in [1.54, 1.807) is 36.4 Å². The first kappa shape index (κ1) is 25.2. The first-order chi connectivity index (χ1) is 17.3. The largest absolute Gasteiger partial charge is 0.493 e. The molecule has 36 heavy (non-hydrogen) atoms. The van der Waals surface area contributed by atoms with E-state index in [0.29, 0.717) is 15.6 Å². The van der Waals surface area contributed by atoms with Crippen molar-refractivity contribution < 1.29 is 22.1 Å². The molecule has 0 fully saturated rings. The summed E-state index contributed by atoms with van der Waals surface area (Å²) in [6.45, 7) is 1.86. The number of para-hydroxylation sites is 1. The Morgan fingerprint density at radius 1 is 1.03 bits per heavy atom. The van der Waals surface area contributed by atoms with Crippen LogP contribution in [-0.4, -0.2) is 32.2 Å². The van der Waals surface area contributed by atoms with Gasteiger partial charge < -0.3 is 13.5 Å². The van der Waals surface area contributed by atoms with Gasteiger partial charge in [-0.3, -0.25) is 4.79 Å². The van der Waals surface area contributed by atoms with Crippen LogP contribution >= 0.6 is 15.9 Å². The summed E-state index contributed by atoms with van der Waals surface area (Å²) in [5.74, 6) is -0.212. The maximum atomic E-state index is 12.7. The zero-order valence-electron chi connectivity index (χ0n) is 19.4. The number of aromatic nitrogens is 1. The third-order valence-corrected chi connectivity index (χ3v) is 6.99. The smallest absolute Gasteiger partial charge is 0.339 e. The van der Waals surface area contributed by atoms with Crippen molar-refractivity contribution in [2.24, 2.45) is 5.10 Å². The van der Waals surface area contributed by atoms with E-state index in [-0.39, 0.29) is 22.3 Å². The number of ether oxygens (including phenoxy) is 1. The second-order valence-electron chi connectivity index (χ2n) is 7.69. The maximum absolute atomic E-state index is 12.7. The van der Waals surface area contributed by atoms with Crippen LogP contribution in [0, 0.1) is 6.92 Å². The highest BCUT2D eigenvalue weighted by molar-refractivity contribution is 9.10. The van der Waals surface area contributed by atoms with E-state index in [0.717, 1.165) is 11.3 Å². The maximum Gasteiger partial charge on any atom is 0.339 e. The van der Waals surface area contributed by atoms with Crippen LogP contribution in [0.2, 0.25) is 0 Å². The average molecular weight is 568 g/mol. The molecule has 1 N–H and O–H groups in total. The fourth-order valence-electron chi connectivity index (χ4n) is 3.37. The summed E-state index contributed by atoms with van der Waals surface area (Å²) in [5.41, 5.74) is 5.16. The third kappa shape index (κ3) is 5.67. The molecule has 1 aromatic heterocycles. The van der Waals surface area contributed by atoms with Gasteiger partial charge in [0.2, 0.25) is 0 Å². The van der Waals surface area contributed by atoms with Gasteiger partial charge >= 0.3 is 10.1 Å². The molecule has 0 unspecified atom stereocenters. The number of benzene rings is 3. The normalized spacial score (nSPS) is 11.4. The number of carbonyl (C=O) groups is 1. The number of nitrogens with one attached hydrogen (secondary N) is 1. The minimum Gasteiger partial charge on any atom is -0.493 e. The molecule has 0 saturated heterocycles. The lowest BCUT2D eigenvalue weighted by atomic mass is 10.1. The van der Waals surface area contributed by atoms with Crippen molar-refractivity contribution in [3.05, 3.63) is 106 Å². The van der Waals surface area contributed by atoms with Crippen molar-refractivity contribution in [2.45, 2.75) is 11.8 Å². The van der Waals surface area contributed by atoms with E-state index >= 15 is 0 Å². The second-order valence-corrected chi connectivity index (χ2v) is 10.1. The molecule has 10 heteroatoms. The summed E-state index contributed by atoms with van der Waals surface area (Å²) < 4.78 is 38.4. The summed E-state index contributed by atoms with van der Waals surface area (Å²) >= 11 is 3.34. The lowest BCUT2D eigenvalue weighted by molar-refractivity contribution is 0.0955. The molecule has 0 saturated carbocycles. The van der Waals surface area contributed by atoms with Gasteiger partial charge in [-0.25, -0.2) is 5.43 Å². The Morgan fingerprint density at radius 2 is 1.72 bits per heavy atom. The van der Waals surface area contributed by atoms with Crippen LogP contribution in [0.1, 0.15) is 21.5 Å². The Hall–Kier alpha value is -3.89. The number of hydrogen-bond donors (Lipinski definition) is 1. The van der Waals surface area contributed by atoms with Gasteiger partial charge in [0.15, 0.2) is 11.5 Å². The highest BCUT2D eigenvalue weighted by atomic mass is 79.9. The van der Waals surface area contributed by atoms with E-state index in [4.69, 9.17) is 8.92 Å². The molecule has 0 radical (unpaired) electrons. The third-order valence-electron chi connectivity index (χ3n) is 5.17. The first-order valence-electron chi connectivity index (χ1n) is 10.7. The average Bonchev–Trinajstić information content (AvgIpc) is 3.40. The molecule has 3 aromatic carbocycles. The predicted octanol–water partition coefficient (Wildman–Crippen LogP) is 5.09. The monoisotopic (exact) mass is 567 g/mol. The number of carbonyl (C=O) groups excluding carboxylic acids is 1. The Morgan fingerprint density at radius 3 is 2.42 bits per heavy atom. The lowest BCUT2D eigenvalue weighted by Crippen LogP contribution is -2.19. The molecule has 4 rings (SSSR count). The van der Waals surface area contributed by atoms with Crippen molar-refractivity contribution >= 4 is 38.2 Å². The van der Waals surface area contributed by atoms with Crippen molar-refractivity contribution in [2.75, 3.05) is 7.11 Å². The zero-order chi connectivity index (χ0) is 25.7. The van der Waals surface area contributed by atoms with Crippen LogP contribution in [0.5, 0.6) is 11.5 Å². The van der Waals surface area contributed by atoms with Crippen LogP contribution < -0.4 is 14.3 Å². The number of hydrazone groups is 1. The fourth-order valence-corrected chi connectivity index (χ4v) is 4.97. The molecule has 0 aliphatic carbocycles. The molecule has 184 valence electrons. The lowest BCUT2D eigenvalue weighted by Gasteiger charge is -2.13. The first-order valence-corrected chi connectivity index (χ1v) is 12.9. The van der Waals surface area contributed by atoms with Gasteiger partial charge in [-0.05, 0) is 76.9 Å². The van der Waals surface area contributed by atoms with Gasteiger partial charge in [0.05, 0.1) is 29.0 Å². The van der Waals surface area contributed by atoms with E-state index in [9.17, 15) is 13.2 Å². The Bertz CT molecular complexity index is 1520. The molecule has 0 aliphatic heterocycles. The van der Waals surface area contributed by atoms with Crippen LogP contribution in [-0.2, 0) is 10.1 Å². The van der Waals surface area contributed by atoms with E-state index < -0.39 is 10.1 Å². The number of hydrogen-bond acceptors (Lipinski definition) is 6. The van der Waals surface area contributed by atoms with Gasteiger partial charge in [0, 0.05) is 12.4 Å². The van der Waals surface area contributed by atoms with Crippen LogP contribution in [0.15, 0.2) is 99.7 Å². The molecule has 0 spiro atoms. The molecule has 0 bridgehead atoms. The highest BCUT2D eigenvalue weighted by Crippen LogP contribution is 2.38. The topological polar surface area (TPSA) is 99.0 Å². The van der Waals surface area contributed by atoms with Crippen LogP contribution in [0.25, 0.3) is 5.69 Å². The number of halogens is 1. The molecule has 1 heterocycles. The Kier molecular flexibility index (Phi) is 7.56. The summed E-state index contributed by atoms with van der Waals surface area (Å²) in [6, 6.07) is 20.4. The van der Waals surface area contributed by atoms with E-state index in [1.807, 2.05) is 48.1 Å². The van der Waals surface area contributed by atoms with Crippen molar-refractivity contribution in [3.63, 3.8) is 0 Å². The van der Waals surface area contributed by atoms with Crippen LogP contribution in [0.4, 0.5) is 0 Å². The number of methoxy groups -OCH3 is 1. The summed E-state index contributed by atoms with van der Waals surface area (Å²) in [4.78, 5) is 12.8. The van der Waals surface area contributed by atoms with E-state index in [2.05, 4.69) is 26.5 Å². The minimum absolute atomic E-state index is 0.0000828. The van der Waals surface area contributed by atoms with Gasteiger partial charge in [0.25, 0.3) is 5.91 Å². The molecule has 0 aliphatic rings. The van der Waals surface area contributed by atoms with Gasteiger partial charge in [-0.1, -0.05) is 29.8 Å². The molecule has 8 nitrogen and oxygen atoms in total. The fraction of sp³-hybridized carbons (Fsp3) is 0.0769. The van der Waals surface area contributed by atoms with Crippen molar-refractivity contribution in [3.8, 4) is 17.2 Å². The SMILES string of the molecule is COc1cc(C=NNC(=O)c2ccccc2-n2cccc2)cc(Br)c1OS(=O)(=O)c1ccc(C)cc1. The summed E-state index contributed by atoms with van der Waals surface area (Å²) in [5, 5.41) is 4.05. The van der Waals surface area contributed by atoms with Gasteiger partial charge in [-0.15, -0.1) is 0 Å². The van der Waals surface area contributed by atoms with Crippen molar-refractivity contribution in [1.82, 2.24) is 9.99 Å². The van der Waals surface area contributed by atoms with E-state index in [1.165, 1.54) is 25.5 Å². The summed E-state index contributed by atoms with van der Waals surface area (Å²) in [7, 11) is -2.69. The number of aryl methyl sites for hydroxylation is 1. The number of nitrogens with zero attached hydrogens (tertiary/aromatic N) is 2. The summed E-state index contributed by atoms with van der Waals surface area (Å²) in [6.07, 6.45) is 5.12. The number of amides is 1. The zero-order valence-corrected chi connectivity index (χ0v) is 21.8. The minimum atomic E-state index is -4.08. The standard InChI is InChI=1S/C26H22BrN3O5S/c1-18-9-11-20(12-10-18)36(32,33)35-25-22(27)15-19(16-24(25)34-2)17-28-29-26(31)21-7-3-4-8-23(21)30-13-5-6-14-30/h3-17H,1-2H3,(H,29,31). The Balaban J connectivity index is 1.52. The molecular weight excluding hydrogens is 546 g/mol. The second kappa shape index (κ2) is 10.8. The van der Waals surface area contributed by atoms with Crippen molar-refractivity contribution in [1.29, 1.82) is 0 Å². The Labute approximate surface area is 217 Å². The molecular formula is C26H22BrN3O5S. The molecule has 1 amide bonds. The predicted molar refractivity (Wildman–Crippen MR) is 141 cm³/mol. The van der Waals surface area contributed by atoms with Crippen LogP contribution in [0.3, 0.4) is 0 Å². The quantitative estimate of drug-likeness (QED) is 0.182. The highest BCUT2D eigenvalue weighted by Gasteiger charge is 2.22. The van der Waals surface area contributed by atoms with Gasteiger partial charge in [0.1, 0.15) is 4.90 Å². The molecule has 4 aromatic rings. The molecule has 0 atom stereocenters. The van der Waals surface area contributed by atoms with Gasteiger partial charge in [-0.2, -0.15) is 13.5 Å².